The summed E-state index contributed by atoms with van der Waals surface area (Å²) < 4.78 is 12.9. The lowest BCUT2D eigenvalue weighted by Gasteiger charge is -2.09. The Balaban J connectivity index is 1.56. The van der Waals surface area contributed by atoms with Gasteiger partial charge in [-0.25, -0.2) is 0 Å². The molecule has 0 atom stereocenters. The molecule has 0 fully saturated rings. The van der Waals surface area contributed by atoms with E-state index < -0.39 is 0 Å². The van der Waals surface area contributed by atoms with Crippen LogP contribution in [0, 0.1) is 6.92 Å². The van der Waals surface area contributed by atoms with E-state index in [9.17, 15) is 0 Å². The molecule has 0 N–H and O–H groups in total. The Morgan fingerprint density at radius 1 is 1.04 bits per heavy atom. The van der Waals surface area contributed by atoms with Gasteiger partial charge < -0.3 is 9.47 Å². The summed E-state index contributed by atoms with van der Waals surface area (Å²) in [6.07, 6.45) is 1.75. The zero-order chi connectivity index (χ0) is 16.8. The van der Waals surface area contributed by atoms with Gasteiger partial charge in [-0.05, 0) is 42.8 Å². The summed E-state index contributed by atoms with van der Waals surface area (Å²) in [6.45, 7) is 2.67. The van der Waals surface area contributed by atoms with Crippen LogP contribution in [0.2, 0.25) is 0 Å². The predicted molar refractivity (Wildman–Crippen MR) is 95.3 cm³/mol. The Hall–Kier alpha value is -2.47. The predicted octanol–water partition coefficient (Wildman–Crippen LogP) is 3.76. The lowest BCUT2D eigenvalue weighted by atomic mass is 10.2. The minimum Gasteiger partial charge on any atom is -0.497 e. The molecule has 0 bridgehead atoms. The van der Waals surface area contributed by atoms with Gasteiger partial charge in [-0.3, -0.25) is 4.57 Å². The number of ether oxygens (including phenoxy) is 2. The molecule has 0 amide bonds. The van der Waals surface area contributed by atoms with Crippen LogP contribution < -0.4 is 9.47 Å². The third-order valence-electron chi connectivity index (χ3n) is 3.53. The molecule has 0 unspecified atom stereocenters. The van der Waals surface area contributed by atoms with Gasteiger partial charge in [0.05, 0.1) is 19.4 Å². The molecule has 0 radical (unpaired) electrons. The van der Waals surface area contributed by atoms with Crippen molar-refractivity contribution in [3.63, 3.8) is 0 Å². The summed E-state index contributed by atoms with van der Waals surface area (Å²) in [5.41, 5.74) is 2.29. The fourth-order valence-electron chi connectivity index (χ4n) is 2.29. The zero-order valence-corrected chi connectivity index (χ0v) is 14.5. The zero-order valence-electron chi connectivity index (χ0n) is 13.7. The number of thioether (sulfide) groups is 1. The van der Waals surface area contributed by atoms with E-state index in [1.165, 1.54) is 5.56 Å². The number of hydrogen-bond donors (Lipinski definition) is 0. The minimum absolute atomic E-state index is 0.595. The van der Waals surface area contributed by atoms with E-state index in [-0.39, 0.29) is 0 Å². The smallest absolute Gasteiger partial charge is 0.195 e. The van der Waals surface area contributed by atoms with E-state index >= 15 is 0 Å². The maximum atomic E-state index is 5.74. The first kappa shape index (κ1) is 16.4. The maximum Gasteiger partial charge on any atom is 0.195 e. The van der Waals surface area contributed by atoms with E-state index in [1.807, 2.05) is 41.0 Å². The Bertz CT molecular complexity index is 787. The molecule has 0 aliphatic heterocycles. The molecule has 124 valence electrons. The number of nitrogens with zero attached hydrogens (tertiary/aromatic N) is 3. The molecule has 0 saturated heterocycles. The van der Waals surface area contributed by atoms with Gasteiger partial charge in [-0.2, -0.15) is 0 Å². The van der Waals surface area contributed by atoms with E-state index in [2.05, 4.69) is 29.3 Å². The van der Waals surface area contributed by atoms with Gasteiger partial charge in [0.1, 0.15) is 17.8 Å². The summed E-state index contributed by atoms with van der Waals surface area (Å²) in [6, 6.07) is 15.8. The molecule has 1 heterocycles. The second-order valence-corrected chi connectivity index (χ2v) is 6.20. The molecule has 0 aliphatic carbocycles. The highest BCUT2D eigenvalue weighted by atomic mass is 32.2. The molecule has 5 nitrogen and oxygen atoms in total. The summed E-state index contributed by atoms with van der Waals surface area (Å²) >= 11 is 1.62. The van der Waals surface area contributed by atoms with Crippen LogP contribution in [-0.4, -0.2) is 34.2 Å². The van der Waals surface area contributed by atoms with Crippen LogP contribution in [0.15, 0.2) is 60.0 Å². The van der Waals surface area contributed by atoms with Crippen molar-refractivity contribution >= 4 is 11.8 Å². The number of para-hydroxylation sites is 1. The van der Waals surface area contributed by atoms with Crippen molar-refractivity contribution in [1.29, 1.82) is 0 Å². The summed E-state index contributed by atoms with van der Waals surface area (Å²) in [5, 5.41) is 9.10. The number of aromatic nitrogens is 3. The Morgan fingerprint density at radius 2 is 1.79 bits per heavy atom. The number of methoxy groups -OCH3 is 1. The monoisotopic (exact) mass is 341 g/mol. The second kappa shape index (κ2) is 7.88. The molecule has 2 aromatic carbocycles. The van der Waals surface area contributed by atoms with Crippen LogP contribution in [0.25, 0.3) is 5.69 Å². The van der Waals surface area contributed by atoms with Gasteiger partial charge in [0.15, 0.2) is 5.16 Å². The van der Waals surface area contributed by atoms with E-state index in [4.69, 9.17) is 9.47 Å². The maximum absolute atomic E-state index is 5.74. The van der Waals surface area contributed by atoms with Gasteiger partial charge in [0.2, 0.25) is 0 Å². The average molecular weight is 341 g/mol. The number of hydrogen-bond acceptors (Lipinski definition) is 5. The fraction of sp³-hybridized carbons (Fsp3) is 0.222. The van der Waals surface area contributed by atoms with E-state index in [0.29, 0.717) is 6.61 Å². The quantitative estimate of drug-likeness (QED) is 0.484. The van der Waals surface area contributed by atoms with Crippen molar-refractivity contribution in [2.24, 2.45) is 0 Å². The first-order chi connectivity index (χ1) is 11.8. The Morgan fingerprint density at radius 3 is 2.54 bits per heavy atom. The lowest BCUT2D eigenvalue weighted by molar-refractivity contribution is 0.342. The molecule has 3 aromatic rings. The molecule has 3 rings (SSSR count). The standard InChI is InChI=1S/C18H19N3O2S/c1-14-5-3-4-6-17(14)21-13-19-20-18(21)24-12-11-23-16-9-7-15(22-2)8-10-16/h3-10,13H,11-12H2,1-2H3. The third-order valence-corrected chi connectivity index (χ3v) is 4.44. The van der Waals surface area contributed by atoms with Crippen molar-refractivity contribution in [2.45, 2.75) is 12.1 Å². The Kier molecular flexibility index (Phi) is 5.38. The first-order valence-electron chi connectivity index (χ1n) is 7.63. The van der Waals surface area contributed by atoms with Crippen molar-refractivity contribution in [3.8, 4) is 17.2 Å². The van der Waals surface area contributed by atoms with Gasteiger partial charge >= 0.3 is 0 Å². The topological polar surface area (TPSA) is 49.2 Å². The van der Waals surface area contributed by atoms with Crippen LogP contribution in [0.1, 0.15) is 5.56 Å². The molecule has 1 aromatic heterocycles. The van der Waals surface area contributed by atoms with Crippen LogP contribution >= 0.6 is 11.8 Å². The highest BCUT2D eigenvalue weighted by molar-refractivity contribution is 7.99. The minimum atomic E-state index is 0.595. The molecule has 6 heteroatoms. The SMILES string of the molecule is COc1ccc(OCCSc2nncn2-c2ccccc2C)cc1. The fourth-order valence-corrected chi connectivity index (χ4v) is 3.02. The first-order valence-corrected chi connectivity index (χ1v) is 8.62. The summed E-state index contributed by atoms with van der Waals surface area (Å²) in [4.78, 5) is 0. The van der Waals surface area contributed by atoms with Crippen LogP contribution in [0.4, 0.5) is 0 Å². The van der Waals surface area contributed by atoms with Gasteiger partial charge in [0, 0.05) is 5.75 Å². The highest BCUT2D eigenvalue weighted by Crippen LogP contribution is 2.22. The summed E-state index contributed by atoms with van der Waals surface area (Å²) in [5.74, 6) is 2.44. The second-order valence-electron chi connectivity index (χ2n) is 5.14. The van der Waals surface area contributed by atoms with E-state index in [1.54, 1.807) is 25.2 Å². The van der Waals surface area contributed by atoms with Crippen molar-refractivity contribution in [3.05, 3.63) is 60.4 Å². The van der Waals surface area contributed by atoms with Crippen LogP contribution in [-0.2, 0) is 0 Å². The highest BCUT2D eigenvalue weighted by Gasteiger charge is 2.08. The van der Waals surface area contributed by atoms with Crippen LogP contribution in [0.5, 0.6) is 11.5 Å². The van der Waals surface area contributed by atoms with Gasteiger partial charge in [-0.1, -0.05) is 30.0 Å². The third kappa shape index (κ3) is 3.89. The average Bonchev–Trinajstić information content (AvgIpc) is 3.08. The van der Waals surface area contributed by atoms with Crippen molar-refractivity contribution in [1.82, 2.24) is 14.8 Å². The Labute approximate surface area is 145 Å². The van der Waals surface area contributed by atoms with Crippen molar-refractivity contribution < 1.29 is 9.47 Å². The van der Waals surface area contributed by atoms with Gasteiger partial charge in [-0.15, -0.1) is 10.2 Å². The number of benzene rings is 2. The molecule has 0 spiro atoms. The molecular formula is C18H19N3O2S. The van der Waals surface area contributed by atoms with Gasteiger partial charge in [0.25, 0.3) is 0 Å². The number of aryl methyl sites for hydroxylation is 1. The normalized spacial score (nSPS) is 10.6. The number of rotatable bonds is 7. The molecular weight excluding hydrogens is 322 g/mol. The van der Waals surface area contributed by atoms with Crippen molar-refractivity contribution in [2.75, 3.05) is 19.5 Å². The largest absolute Gasteiger partial charge is 0.497 e. The molecule has 0 saturated carbocycles. The lowest BCUT2D eigenvalue weighted by Crippen LogP contribution is -2.03. The molecule has 0 aliphatic rings. The molecule has 24 heavy (non-hydrogen) atoms. The van der Waals surface area contributed by atoms with Crippen LogP contribution in [0.3, 0.4) is 0 Å². The van der Waals surface area contributed by atoms with E-state index in [0.717, 1.165) is 28.1 Å². The summed E-state index contributed by atoms with van der Waals surface area (Å²) in [7, 11) is 1.65.